The van der Waals surface area contributed by atoms with Gasteiger partial charge in [-0.15, -0.1) is 0 Å². The maximum Gasteiger partial charge on any atom is 0.255 e. The van der Waals surface area contributed by atoms with E-state index in [0.717, 1.165) is 0 Å². The summed E-state index contributed by atoms with van der Waals surface area (Å²) in [7, 11) is 0. The molecule has 2 rings (SSSR count). The van der Waals surface area contributed by atoms with E-state index in [4.69, 9.17) is 9.47 Å². The summed E-state index contributed by atoms with van der Waals surface area (Å²) in [6.07, 6.45) is 0.868. The number of carbonyl (C=O) groups is 1. The number of rotatable bonds is 5. The molecule has 1 unspecified atom stereocenters. The lowest BCUT2D eigenvalue weighted by atomic mass is 10.1. The van der Waals surface area contributed by atoms with Crippen LogP contribution in [-0.4, -0.2) is 36.9 Å². The number of para-hydroxylation sites is 1. The van der Waals surface area contributed by atoms with Crippen molar-refractivity contribution >= 4 is 5.91 Å². The highest BCUT2D eigenvalue weighted by atomic mass is 16.6. The monoisotopic (exact) mass is 265 g/mol. The number of carbonyl (C=O) groups excluding carboxylic acids is 1. The molecule has 0 radical (unpaired) electrons. The SMILES string of the molecule is CCC(O)CCNC(=O)c1cccc2c1OCCO2. The van der Waals surface area contributed by atoms with E-state index in [1.165, 1.54) is 0 Å². The van der Waals surface area contributed by atoms with Crippen LogP contribution in [0.4, 0.5) is 0 Å². The topological polar surface area (TPSA) is 67.8 Å². The zero-order valence-corrected chi connectivity index (χ0v) is 11.0. The van der Waals surface area contributed by atoms with Gasteiger partial charge in [-0.25, -0.2) is 0 Å². The minimum atomic E-state index is -0.371. The highest BCUT2D eigenvalue weighted by Crippen LogP contribution is 2.33. The number of hydrogen-bond donors (Lipinski definition) is 2. The van der Waals surface area contributed by atoms with E-state index in [9.17, 15) is 9.90 Å². The molecular weight excluding hydrogens is 246 g/mol. The molecule has 0 spiro atoms. The van der Waals surface area contributed by atoms with Gasteiger partial charge in [0.2, 0.25) is 0 Å². The second-order valence-corrected chi connectivity index (χ2v) is 4.44. The Morgan fingerprint density at radius 2 is 2.21 bits per heavy atom. The molecular formula is C14H19NO4. The lowest BCUT2D eigenvalue weighted by molar-refractivity contribution is 0.0931. The van der Waals surface area contributed by atoms with E-state index >= 15 is 0 Å². The van der Waals surface area contributed by atoms with E-state index in [-0.39, 0.29) is 12.0 Å². The van der Waals surface area contributed by atoms with Crippen LogP contribution < -0.4 is 14.8 Å². The molecule has 2 N–H and O–H groups in total. The van der Waals surface area contributed by atoms with Crippen LogP contribution in [0.5, 0.6) is 11.5 Å². The standard InChI is InChI=1S/C14H19NO4/c1-2-10(16)6-7-15-14(17)11-4-3-5-12-13(11)19-9-8-18-12/h3-5,10,16H,2,6-9H2,1H3,(H,15,17). The van der Waals surface area contributed by atoms with Gasteiger partial charge in [-0.1, -0.05) is 13.0 Å². The van der Waals surface area contributed by atoms with Gasteiger partial charge < -0.3 is 19.9 Å². The fraction of sp³-hybridized carbons (Fsp3) is 0.500. The van der Waals surface area contributed by atoms with Gasteiger partial charge in [-0.05, 0) is 25.0 Å². The Bertz CT molecular complexity index is 447. The zero-order valence-electron chi connectivity index (χ0n) is 11.0. The van der Waals surface area contributed by atoms with Gasteiger partial charge in [0.25, 0.3) is 5.91 Å². The minimum absolute atomic E-state index is 0.203. The van der Waals surface area contributed by atoms with Crippen LogP contribution in [0.1, 0.15) is 30.1 Å². The molecule has 0 saturated carbocycles. The van der Waals surface area contributed by atoms with Gasteiger partial charge in [-0.3, -0.25) is 4.79 Å². The van der Waals surface area contributed by atoms with Gasteiger partial charge in [0.05, 0.1) is 11.7 Å². The molecule has 0 aromatic heterocycles. The quantitative estimate of drug-likeness (QED) is 0.843. The molecule has 1 heterocycles. The maximum atomic E-state index is 12.1. The highest BCUT2D eigenvalue weighted by molar-refractivity contribution is 5.97. The number of nitrogens with one attached hydrogen (secondary N) is 1. The minimum Gasteiger partial charge on any atom is -0.486 e. The number of hydrogen-bond acceptors (Lipinski definition) is 4. The van der Waals surface area contributed by atoms with Crippen LogP contribution in [0.2, 0.25) is 0 Å². The number of aliphatic hydroxyl groups is 1. The molecule has 5 nitrogen and oxygen atoms in total. The molecule has 104 valence electrons. The van der Waals surface area contributed by atoms with Crippen LogP contribution in [0.25, 0.3) is 0 Å². The first-order valence-electron chi connectivity index (χ1n) is 6.57. The summed E-state index contributed by atoms with van der Waals surface area (Å²) in [6, 6.07) is 5.26. The van der Waals surface area contributed by atoms with Gasteiger partial charge in [0.1, 0.15) is 13.2 Å². The van der Waals surface area contributed by atoms with Crippen LogP contribution in [0.3, 0.4) is 0 Å². The molecule has 1 atom stereocenters. The summed E-state index contributed by atoms with van der Waals surface area (Å²) in [5.41, 5.74) is 0.475. The van der Waals surface area contributed by atoms with Crippen molar-refractivity contribution in [1.29, 1.82) is 0 Å². The van der Waals surface area contributed by atoms with Gasteiger partial charge in [0, 0.05) is 6.54 Å². The molecule has 1 aromatic carbocycles. The van der Waals surface area contributed by atoms with Crippen LogP contribution in [0.15, 0.2) is 18.2 Å². The maximum absolute atomic E-state index is 12.1. The Balaban J connectivity index is 1.99. The van der Waals surface area contributed by atoms with E-state index < -0.39 is 0 Å². The van der Waals surface area contributed by atoms with Crippen LogP contribution >= 0.6 is 0 Å². The van der Waals surface area contributed by atoms with Gasteiger partial charge >= 0.3 is 0 Å². The zero-order chi connectivity index (χ0) is 13.7. The number of ether oxygens (including phenoxy) is 2. The molecule has 5 heteroatoms. The molecule has 1 aliphatic heterocycles. The summed E-state index contributed by atoms with van der Waals surface area (Å²) in [5, 5.41) is 12.2. The fourth-order valence-corrected chi connectivity index (χ4v) is 1.90. The number of amides is 1. The molecule has 0 fully saturated rings. The van der Waals surface area contributed by atoms with Crippen molar-refractivity contribution in [2.75, 3.05) is 19.8 Å². The lowest BCUT2D eigenvalue weighted by Crippen LogP contribution is -2.28. The smallest absolute Gasteiger partial charge is 0.255 e. The molecule has 0 saturated heterocycles. The molecule has 19 heavy (non-hydrogen) atoms. The Morgan fingerprint density at radius 1 is 1.42 bits per heavy atom. The Labute approximate surface area is 112 Å². The normalized spacial score (nSPS) is 14.8. The third-order valence-electron chi connectivity index (χ3n) is 3.05. The van der Waals surface area contributed by atoms with E-state index in [1.54, 1.807) is 18.2 Å². The molecule has 0 bridgehead atoms. The Kier molecular flexibility index (Phi) is 4.63. The second-order valence-electron chi connectivity index (χ2n) is 4.44. The second kappa shape index (κ2) is 6.43. The molecule has 1 aliphatic rings. The predicted molar refractivity (Wildman–Crippen MR) is 70.7 cm³/mol. The summed E-state index contributed by atoms with van der Waals surface area (Å²) in [6.45, 7) is 3.30. The summed E-state index contributed by atoms with van der Waals surface area (Å²) >= 11 is 0. The van der Waals surface area contributed by atoms with Crippen LogP contribution in [-0.2, 0) is 0 Å². The van der Waals surface area contributed by atoms with Crippen molar-refractivity contribution < 1.29 is 19.4 Å². The number of benzene rings is 1. The van der Waals surface area contributed by atoms with E-state index in [2.05, 4.69) is 5.32 Å². The fourth-order valence-electron chi connectivity index (χ4n) is 1.90. The first-order chi connectivity index (χ1) is 9.22. The molecule has 0 aliphatic carbocycles. The van der Waals surface area contributed by atoms with Crippen molar-refractivity contribution in [2.24, 2.45) is 0 Å². The third-order valence-corrected chi connectivity index (χ3v) is 3.05. The molecule has 1 aromatic rings. The van der Waals surface area contributed by atoms with Crippen molar-refractivity contribution in [3.63, 3.8) is 0 Å². The van der Waals surface area contributed by atoms with E-state index in [0.29, 0.717) is 49.7 Å². The lowest BCUT2D eigenvalue weighted by Gasteiger charge is -2.20. The highest BCUT2D eigenvalue weighted by Gasteiger charge is 2.20. The predicted octanol–water partition coefficient (Wildman–Crippen LogP) is 1.35. The number of fused-ring (bicyclic) bond motifs is 1. The third kappa shape index (κ3) is 3.38. The first kappa shape index (κ1) is 13.7. The van der Waals surface area contributed by atoms with Crippen molar-refractivity contribution in [1.82, 2.24) is 5.32 Å². The van der Waals surface area contributed by atoms with Gasteiger partial charge in [0.15, 0.2) is 11.5 Å². The summed E-state index contributed by atoms with van der Waals surface area (Å²) in [4.78, 5) is 12.1. The average molecular weight is 265 g/mol. The van der Waals surface area contributed by atoms with Crippen molar-refractivity contribution in [3.05, 3.63) is 23.8 Å². The van der Waals surface area contributed by atoms with E-state index in [1.807, 2.05) is 6.92 Å². The van der Waals surface area contributed by atoms with Gasteiger partial charge in [-0.2, -0.15) is 0 Å². The Hall–Kier alpha value is -1.75. The Morgan fingerprint density at radius 3 is 3.00 bits per heavy atom. The number of aliphatic hydroxyl groups excluding tert-OH is 1. The summed E-state index contributed by atoms with van der Waals surface area (Å²) < 4.78 is 10.9. The average Bonchev–Trinajstić information content (AvgIpc) is 2.46. The summed E-state index contributed by atoms with van der Waals surface area (Å²) in [5.74, 6) is 0.903. The van der Waals surface area contributed by atoms with Crippen molar-refractivity contribution in [2.45, 2.75) is 25.9 Å². The molecule has 1 amide bonds. The largest absolute Gasteiger partial charge is 0.486 e. The first-order valence-corrected chi connectivity index (χ1v) is 6.57. The van der Waals surface area contributed by atoms with Crippen LogP contribution in [0, 0.1) is 0 Å². The van der Waals surface area contributed by atoms with Crippen molar-refractivity contribution in [3.8, 4) is 11.5 Å².